The molecule has 0 bridgehead atoms. The second-order valence-corrected chi connectivity index (χ2v) is 4.09. The first-order valence-corrected chi connectivity index (χ1v) is 6.22. The van der Waals surface area contributed by atoms with Crippen LogP contribution in [0.3, 0.4) is 0 Å². The van der Waals surface area contributed by atoms with Crippen LogP contribution in [0.25, 0.3) is 0 Å². The molecule has 1 N–H and O–H groups in total. The molecular weight excluding hydrogens is 259 g/mol. The van der Waals surface area contributed by atoms with Crippen LogP contribution in [0, 0.1) is 0 Å². The third-order valence-electron chi connectivity index (χ3n) is 2.34. The van der Waals surface area contributed by atoms with Crippen molar-refractivity contribution in [2.45, 2.75) is 45.9 Å². The maximum Gasteiger partial charge on any atom is 0.425 e. The highest BCUT2D eigenvalue weighted by atomic mass is 19.4. The lowest BCUT2D eigenvalue weighted by molar-refractivity contribution is -0.190. The van der Waals surface area contributed by atoms with Gasteiger partial charge >= 0.3 is 6.18 Å². The van der Waals surface area contributed by atoms with E-state index < -0.39 is 12.3 Å². The second kappa shape index (κ2) is 6.58. The van der Waals surface area contributed by atoms with Crippen LogP contribution in [0.5, 0.6) is 5.88 Å². The number of nitrogens with one attached hydrogen (secondary N) is 1. The summed E-state index contributed by atoms with van der Waals surface area (Å²) in [6, 6.07) is 1.38. The lowest BCUT2D eigenvalue weighted by Gasteiger charge is -2.17. The summed E-state index contributed by atoms with van der Waals surface area (Å²) in [4.78, 5) is 8.18. The molecule has 0 fully saturated rings. The Bertz CT molecular complexity index is 385. The van der Waals surface area contributed by atoms with Crippen molar-refractivity contribution in [3.8, 4) is 5.88 Å². The van der Waals surface area contributed by atoms with Crippen LogP contribution < -0.4 is 10.1 Å². The van der Waals surface area contributed by atoms with Crippen molar-refractivity contribution in [2.75, 3.05) is 11.9 Å². The molecule has 0 aromatic carbocycles. The molecule has 1 unspecified atom stereocenters. The quantitative estimate of drug-likeness (QED) is 0.867. The number of rotatable bonds is 6. The third-order valence-corrected chi connectivity index (χ3v) is 2.34. The zero-order valence-electron chi connectivity index (χ0n) is 11.2. The van der Waals surface area contributed by atoms with Crippen molar-refractivity contribution in [3.05, 3.63) is 11.9 Å². The fourth-order valence-corrected chi connectivity index (χ4v) is 1.39. The van der Waals surface area contributed by atoms with Crippen molar-refractivity contribution in [2.24, 2.45) is 0 Å². The highest BCUT2D eigenvalue weighted by Gasteiger charge is 2.38. The van der Waals surface area contributed by atoms with Gasteiger partial charge in [-0.2, -0.15) is 18.2 Å². The van der Waals surface area contributed by atoms with Crippen molar-refractivity contribution in [3.63, 3.8) is 0 Å². The fourth-order valence-electron chi connectivity index (χ4n) is 1.39. The standard InChI is InChI=1S/C12H18F3N3O/c1-4-6-9-17-10(16-5-2)7-11(18-9)19-8(3)12(13,14)15/h7-8H,4-6H2,1-3H3,(H,16,17,18). The zero-order valence-corrected chi connectivity index (χ0v) is 11.2. The molecule has 0 saturated carbocycles. The number of aryl methyl sites for hydroxylation is 1. The van der Waals surface area contributed by atoms with Crippen molar-refractivity contribution in [1.29, 1.82) is 0 Å². The highest BCUT2D eigenvalue weighted by Crippen LogP contribution is 2.25. The maximum atomic E-state index is 12.4. The van der Waals surface area contributed by atoms with Crippen LogP contribution in [0.2, 0.25) is 0 Å². The normalized spacial score (nSPS) is 13.2. The third kappa shape index (κ3) is 4.92. The molecule has 1 heterocycles. The molecule has 0 aliphatic heterocycles. The van der Waals surface area contributed by atoms with Crippen LogP contribution in [0.1, 0.15) is 33.0 Å². The number of aromatic nitrogens is 2. The largest absolute Gasteiger partial charge is 0.465 e. The minimum atomic E-state index is -4.41. The van der Waals surface area contributed by atoms with Crippen molar-refractivity contribution >= 4 is 5.82 Å². The number of halogens is 3. The van der Waals surface area contributed by atoms with Gasteiger partial charge in [-0.1, -0.05) is 6.92 Å². The highest BCUT2D eigenvalue weighted by molar-refractivity contribution is 5.38. The molecule has 0 aliphatic carbocycles. The Morgan fingerprint density at radius 2 is 2.00 bits per heavy atom. The maximum absolute atomic E-state index is 12.4. The van der Waals surface area contributed by atoms with Gasteiger partial charge in [0.15, 0.2) is 6.10 Å². The molecule has 1 atom stereocenters. The van der Waals surface area contributed by atoms with Crippen LogP contribution in [-0.2, 0) is 6.42 Å². The minimum Gasteiger partial charge on any atom is -0.465 e. The van der Waals surface area contributed by atoms with Crippen molar-refractivity contribution in [1.82, 2.24) is 9.97 Å². The Morgan fingerprint density at radius 3 is 2.53 bits per heavy atom. The topological polar surface area (TPSA) is 47.0 Å². The van der Waals surface area contributed by atoms with Crippen LogP contribution >= 0.6 is 0 Å². The molecule has 0 amide bonds. The Hall–Kier alpha value is -1.53. The van der Waals surface area contributed by atoms with Gasteiger partial charge in [0.25, 0.3) is 0 Å². The van der Waals surface area contributed by atoms with Gasteiger partial charge in [-0.3, -0.25) is 0 Å². The van der Waals surface area contributed by atoms with E-state index in [2.05, 4.69) is 15.3 Å². The number of anilines is 1. The zero-order chi connectivity index (χ0) is 14.5. The molecule has 1 aromatic rings. The average Bonchev–Trinajstić information content (AvgIpc) is 2.28. The summed E-state index contributed by atoms with van der Waals surface area (Å²) < 4.78 is 42.2. The number of ether oxygens (including phenoxy) is 1. The number of hydrogen-bond acceptors (Lipinski definition) is 4. The Labute approximate surface area is 110 Å². The molecule has 19 heavy (non-hydrogen) atoms. The van der Waals surface area contributed by atoms with Gasteiger partial charge in [0, 0.05) is 19.0 Å². The van der Waals surface area contributed by atoms with Gasteiger partial charge in [0.05, 0.1) is 0 Å². The lowest BCUT2D eigenvalue weighted by atomic mass is 10.3. The summed E-state index contributed by atoms with van der Waals surface area (Å²) in [5, 5.41) is 2.95. The van der Waals surface area contributed by atoms with Crippen LogP contribution in [0.15, 0.2) is 6.07 Å². The summed E-state index contributed by atoms with van der Waals surface area (Å²) in [7, 11) is 0. The lowest BCUT2D eigenvalue weighted by Crippen LogP contribution is -2.31. The second-order valence-electron chi connectivity index (χ2n) is 4.09. The molecule has 108 valence electrons. The monoisotopic (exact) mass is 277 g/mol. The SMILES string of the molecule is CCCc1nc(NCC)cc(OC(C)C(F)(F)F)n1. The first-order chi connectivity index (χ1) is 8.86. The molecule has 0 spiro atoms. The first-order valence-electron chi connectivity index (χ1n) is 6.22. The van der Waals surface area contributed by atoms with Crippen LogP contribution in [-0.4, -0.2) is 28.8 Å². The van der Waals surface area contributed by atoms with E-state index in [1.807, 2.05) is 13.8 Å². The van der Waals surface area contributed by atoms with Gasteiger partial charge < -0.3 is 10.1 Å². The fraction of sp³-hybridized carbons (Fsp3) is 0.667. The van der Waals surface area contributed by atoms with Crippen LogP contribution in [0.4, 0.5) is 19.0 Å². The van der Waals surface area contributed by atoms with Gasteiger partial charge in [-0.15, -0.1) is 0 Å². The summed E-state index contributed by atoms with van der Waals surface area (Å²) in [6.07, 6.45) is -4.90. The summed E-state index contributed by atoms with van der Waals surface area (Å²) in [5.74, 6) is 0.898. The Kier molecular flexibility index (Phi) is 5.38. The molecule has 0 radical (unpaired) electrons. The number of alkyl halides is 3. The van der Waals surface area contributed by atoms with E-state index in [-0.39, 0.29) is 5.88 Å². The first kappa shape index (κ1) is 15.5. The summed E-state index contributed by atoms with van der Waals surface area (Å²) >= 11 is 0. The van der Waals surface area contributed by atoms with E-state index in [0.29, 0.717) is 24.6 Å². The van der Waals surface area contributed by atoms with Gasteiger partial charge in [-0.05, 0) is 20.3 Å². The predicted molar refractivity (Wildman–Crippen MR) is 66.3 cm³/mol. The van der Waals surface area contributed by atoms with Gasteiger partial charge in [0.2, 0.25) is 5.88 Å². The minimum absolute atomic E-state index is 0.0563. The molecule has 0 saturated heterocycles. The predicted octanol–water partition coefficient (Wildman–Crippen LogP) is 3.19. The molecule has 1 aromatic heterocycles. The van der Waals surface area contributed by atoms with E-state index in [4.69, 9.17) is 4.74 Å². The van der Waals surface area contributed by atoms with E-state index in [1.165, 1.54) is 6.07 Å². The Morgan fingerprint density at radius 1 is 1.32 bits per heavy atom. The molecule has 4 nitrogen and oxygen atoms in total. The Balaban J connectivity index is 2.92. The summed E-state index contributed by atoms with van der Waals surface area (Å²) in [6.45, 7) is 5.40. The van der Waals surface area contributed by atoms with Crippen molar-refractivity contribution < 1.29 is 17.9 Å². The van der Waals surface area contributed by atoms with Gasteiger partial charge in [0.1, 0.15) is 11.6 Å². The molecule has 1 rings (SSSR count). The number of nitrogens with zero attached hydrogens (tertiary/aromatic N) is 2. The average molecular weight is 277 g/mol. The van der Waals surface area contributed by atoms with E-state index in [9.17, 15) is 13.2 Å². The van der Waals surface area contributed by atoms with E-state index in [0.717, 1.165) is 13.3 Å². The molecule has 7 heteroatoms. The van der Waals surface area contributed by atoms with Gasteiger partial charge in [-0.25, -0.2) is 4.98 Å². The van der Waals surface area contributed by atoms with E-state index >= 15 is 0 Å². The number of hydrogen-bond donors (Lipinski definition) is 1. The molecular formula is C12H18F3N3O. The smallest absolute Gasteiger partial charge is 0.425 e. The molecule has 0 aliphatic rings. The van der Waals surface area contributed by atoms with E-state index in [1.54, 1.807) is 0 Å². The summed E-state index contributed by atoms with van der Waals surface area (Å²) in [5.41, 5.74) is 0.